The van der Waals surface area contributed by atoms with Crippen LogP contribution in [-0.2, 0) is 12.8 Å². The minimum Gasteiger partial charge on any atom is -0.310 e. The molecule has 0 amide bonds. The molecule has 0 heterocycles. The smallest absolute Gasteiger partial charge is 0.0491 e. The summed E-state index contributed by atoms with van der Waals surface area (Å²) in [6.45, 7) is 4.49. The summed E-state index contributed by atoms with van der Waals surface area (Å²) in [6.07, 6.45) is 1.71. The van der Waals surface area contributed by atoms with Gasteiger partial charge in [0.1, 0.15) is 0 Å². The molecular weight excluding hydrogens is 639 g/mol. The fraction of sp³-hybridized carbons (Fsp3) is 0.0769. The summed E-state index contributed by atoms with van der Waals surface area (Å²) >= 11 is 0. The van der Waals surface area contributed by atoms with Crippen molar-refractivity contribution in [2.45, 2.75) is 26.7 Å². The molecule has 1 nitrogen and oxygen atoms in total. The minimum atomic E-state index is 0.827. The van der Waals surface area contributed by atoms with Gasteiger partial charge in [0.2, 0.25) is 0 Å². The largest absolute Gasteiger partial charge is 0.310 e. The zero-order chi connectivity index (χ0) is 35.7. The summed E-state index contributed by atoms with van der Waals surface area (Å²) in [5, 5.41) is 0. The Balaban J connectivity index is 1.24. The summed E-state index contributed by atoms with van der Waals surface area (Å²) in [6, 6.07) is 69.2. The normalized spacial score (nSPS) is 11.8. The van der Waals surface area contributed by atoms with E-state index in [1.807, 2.05) is 0 Å². The van der Waals surface area contributed by atoms with Gasteiger partial charge in [0, 0.05) is 17.1 Å². The van der Waals surface area contributed by atoms with Crippen LogP contribution in [0.4, 0.5) is 17.1 Å². The quantitative estimate of drug-likeness (QED) is 0.175. The molecule has 53 heavy (non-hydrogen) atoms. The van der Waals surface area contributed by atoms with Crippen molar-refractivity contribution < 1.29 is 0 Å². The van der Waals surface area contributed by atoms with Crippen molar-refractivity contribution in [1.29, 1.82) is 0 Å². The number of anilines is 3. The van der Waals surface area contributed by atoms with Crippen LogP contribution in [0.25, 0.3) is 44.5 Å². The standard InChI is InChI=1S/C52H41N/c1-36-31-40(38-15-5-3-6-16-38)25-29-51(36)53(52-30-26-41(32-37(52)2)39-17-7-4-8-18-39)46-27-28-50-45(35-46)34-44-21-11-13-23-48(44)47-22-12-9-19-42(47)33-43-20-10-14-24-49(43)50/h3-32,35H,33-34H2,1-2H3. The highest BCUT2D eigenvalue weighted by Gasteiger charge is 2.22. The summed E-state index contributed by atoms with van der Waals surface area (Å²) in [5.74, 6) is 0. The Hall–Kier alpha value is -6.44. The first-order valence-corrected chi connectivity index (χ1v) is 18.6. The average molecular weight is 680 g/mol. The number of hydrogen-bond donors (Lipinski definition) is 0. The van der Waals surface area contributed by atoms with Gasteiger partial charge in [-0.2, -0.15) is 0 Å². The van der Waals surface area contributed by atoms with E-state index in [2.05, 4.69) is 207 Å². The first kappa shape index (κ1) is 32.5. The van der Waals surface area contributed by atoms with E-state index >= 15 is 0 Å². The second kappa shape index (κ2) is 13.9. The van der Waals surface area contributed by atoms with E-state index in [4.69, 9.17) is 0 Å². The zero-order valence-electron chi connectivity index (χ0n) is 30.3. The molecule has 0 radical (unpaired) electrons. The Kier molecular flexibility index (Phi) is 8.54. The second-order valence-electron chi connectivity index (χ2n) is 14.2. The topological polar surface area (TPSA) is 3.24 Å². The molecule has 0 spiro atoms. The highest BCUT2D eigenvalue weighted by molar-refractivity contribution is 5.86. The van der Waals surface area contributed by atoms with E-state index in [0.29, 0.717) is 0 Å². The number of nitrogens with zero attached hydrogens (tertiary/aromatic N) is 1. The van der Waals surface area contributed by atoms with E-state index in [9.17, 15) is 0 Å². The molecule has 0 aromatic heterocycles. The van der Waals surface area contributed by atoms with Gasteiger partial charge >= 0.3 is 0 Å². The predicted molar refractivity (Wildman–Crippen MR) is 224 cm³/mol. The van der Waals surface area contributed by atoms with Gasteiger partial charge in [-0.25, -0.2) is 0 Å². The van der Waals surface area contributed by atoms with Crippen LogP contribution >= 0.6 is 0 Å². The maximum atomic E-state index is 2.47. The molecule has 1 heteroatoms. The number of rotatable bonds is 5. The maximum Gasteiger partial charge on any atom is 0.0491 e. The molecule has 0 atom stereocenters. The van der Waals surface area contributed by atoms with Gasteiger partial charge in [0.25, 0.3) is 0 Å². The van der Waals surface area contributed by atoms with Crippen LogP contribution in [-0.4, -0.2) is 0 Å². The Morgan fingerprint density at radius 2 is 0.717 bits per heavy atom. The zero-order valence-corrected chi connectivity index (χ0v) is 30.3. The average Bonchev–Trinajstić information content (AvgIpc) is 3.20. The molecule has 0 fully saturated rings. The van der Waals surface area contributed by atoms with Crippen LogP contribution in [0.1, 0.15) is 33.4 Å². The van der Waals surface area contributed by atoms with Crippen LogP contribution in [0, 0.1) is 13.8 Å². The Morgan fingerprint density at radius 1 is 0.321 bits per heavy atom. The van der Waals surface area contributed by atoms with Gasteiger partial charge in [-0.1, -0.05) is 152 Å². The first-order chi connectivity index (χ1) is 26.1. The van der Waals surface area contributed by atoms with Crippen molar-refractivity contribution in [3.8, 4) is 44.5 Å². The third-order valence-corrected chi connectivity index (χ3v) is 10.8. The Bertz CT molecular complexity index is 2490. The van der Waals surface area contributed by atoms with E-state index in [-0.39, 0.29) is 0 Å². The lowest BCUT2D eigenvalue weighted by Crippen LogP contribution is -2.14. The van der Waals surface area contributed by atoms with E-state index in [1.54, 1.807) is 0 Å². The summed E-state index contributed by atoms with van der Waals surface area (Å²) in [7, 11) is 0. The fourth-order valence-electron chi connectivity index (χ4n) is 8.19. The van der Waals surface area contributed by atoms with Crippen molar-refractivity contribution in [3.05, 3.63) is 221 Å². The van der Waals surface area contributed by atoms with Gasteiger partial charge < -0.3 is 4.90 Å². The van der Waals surface area contributed by atoms with Gasteiger partial charge in [0.15, 0.2) is 0 Å². The number of fused-ring (bicyclic) bond motifs is 6. The lowest BCUT2D eigenvalue weighted by molar-refractivity contribution is 1.14. The molecule has 1 aliphatic rings. The molecule has 0 bridgehead atoms. The molecule has 8 aromatic carbocycles. The van der Waals surface area contributed by atoms with Gasteiger partial charge in [-0.05, 0) is 141 Å². The highest BCUT2D eigenvalue weighted by atomic mass is 15.1. The van der Waals surface area contributed by atoms with Crippen molar-refractivity contribution in [1.82, 2.24) is 0 Å². The molecule has 0 saturated heterocycles. The highest BCUT2D eigenvalue weighted by Crippen LogP contribution is 2.44. The van der Waals surface area contributed by atoms with E-state index in [0.717, 1.165) is 18.5 Å². The monoisotopic (exact) mass is 679 g/mol. The lowest BCUT2D eigenvalue weighted by Gasteiger charge is -2.30. The molecule has 9 rings (SSSR count). The van der Waals surface area contributed by atoms with Crippen molar-refractivity contribution in [2.75, 3.05) is 4.90 Å². The third-order valence-electron chi connectivity index (χ3n) is 10.8. The Morgan fingerprint density at radius 3 is 1.17 bits per heavy atom. The van der Waals surface area contributed by atoms with Crippen LogP contribution in [0.5, 0.6) is 0 Å². The molecule has 0 unspecified atom stereocenters. The van der Waals surface area contributed by atoms with E-state index < -0.39 is 0 Å². The molecule has 0 N–H and O–H groups in total. The Labute approximate surface area is 313 Å². The number of benzene rings is 8. The number of aryl methyl sites for hydroxylation is 2. The minimum absolute atomic E-state index is 0.827. The summed E-state index contributed by atoms with van der Waals surface area (Å²) < 4.78 is 0. The SMILES string of the molecule is Cc1cc(-c2ccccc2)ccc1N(c1ccc2c(c1)Cc1ccccc1-c1ccccc1Cc1ccccc1-2)c1ccc(-c2ccccc2)cc1C. The van der Waals surface area contributed by atoms with Crippen LogP contribution in [0.15, 0.2) is 188 Å². The molecule has 0 saturated carbocycles. The predicted octanol–water partition coefficient (Wildman–Crippen LogP) is 13.9. The van der Waals surface area contributed by atoms with Crippen LogP contribution in [0.2, 0.25) is 0 Å². The van der Waals surface area contributed by atoms with Crippen molar-refractivity contribution in [2.24, 2.45) is 0 Å². The van der Waals surface area contributed by atoms with Crippen LogP contribution in [0.3, 0.4) is 0 Å². The molecule has 8 aromatic rings. The lowest BCUT2D eigenvalue weighted by atomic mass is 9.84. The summed E-state index contributed by atoms with van der Waals surface area (Å²) in [4.78, 5) is 2.47. The van der Waals surface area contributed by atoms with Crippen LogP contribution < -0.4 is 4.90 Å². The molecule has 1 aliphatic carbocycles. The fourth-order valence-corrected chi connectivity index (χ4v) is 8.19. The van der Waals surface area contributed by atoms with Crippen molar-refractivity contribution >= 4 is 17.1 Å². The molecular formula is C52H41N. The third kappa shape index (κ3) is 6.26. The molecule has 0 aliphatic heterocycles. The summed E-state index contributed by atoms with van der Waals surface area (Å²) in [5.41, 5.74) is 21.5. The van der Waals surface area contributed by atoms with Gasteiger partial charge in [0.05, 0.1) is 0 Å². The van der Waals surface area contributed by atoms with Gasteiger partial charge in [-0.3, -0.25) is 0 Å². The van der Waals surface area contributed by atoms with Gasteiger partial charge in [-0.15, -0.1) is 0 Å². The first-order valence-electron chi connectivity index (χ1n) is 18.6. The number of hydrogen-bond acceptors (Lipinski definition) is 1. The second-order valence-corrected chi connectivity index (χ2v) is 14.2. The van der Waals surface area contributed by atoms with E-state index in [1.165, 1.54) is 89.3 Å². The maximum absolute atomic E-state index is 2.47. The molecule has 254 valence electrons. The van der Waals surface area contributed by atoms with Crippen molar-refractivity contribution in [3.63, 3.8) is 0 Å².